The van der Waals surface area contributed by atoms with Gasteiger partial charge in [-0.1, -0.05) is 139 Å². The van der Waals surface area contributed by atoms with Gasteiger partial charge in [-0.3, -0.25) is 5.32 Å². The molecule has 2 aliphatic rings. The number of hydrogen-bond donors (Lipinski definition) is 3. The van der Waals surface area contributed by atoms with Crippen LogP contribution in [-0.2, 0) is 0 Å². The Labute approximate surface area is 282 Å². The van der Waals surface area contributed by atoms with E-state index in [0.717, 1.165) is 27.6 Å². The molecule has 3 N–H and O–H groups in total. The maximum Gasteiger partial charge on any atom is 0.141 e. The van der Waals surface area contributed by atoms with Gasteiger partial charge in [0.05, 0.1) is 11.7 Å². The van der Waals surface area contributed by atoms with E-state index in [0.29, 0.717) is 0 Å². The van der Waals surface area contributed by atoms with Crippen LogP contribution in [0.1, 0.15) is 39.8 Å². The summed E-state index contributed by atoms with van der Waals surface area (Å²) in [5.74, 6) is 0. The zero-order chi connectivity index (χ0) is 31.6. The minimum Gasteiger partial charge on any atom is -0.456 e. The highest BCUT2D eigenvalue weighted by atomic mass is 32.2. The molecule has 2 aliphatic heterocycles. The van der Waals surface area contributed by atoms with Crippen molar-refractivity contribution in [3.8, 4) is 0 Å². The molecule has 0 spiro atoms. The molecule has 3 heterocycles. The van der Waals surface area contributed by atoms with Gasteiger partial charge in [-0.15, -0.1) is 0 Å². The van der Waals surface area contributed by atoms with Crippen LogP contribution in [0.2, 0.25) is 0 Å². The van der Waals surface area contributed by atoms with Crippen LogP contribution in [0.5, 0.6) is 0 Å². The summed E-state index contributed by atoms with van der Waals surface area (Å²) in [6, 6.07) is 52.1. The van der Waals surface area contributed by atoms with Gasteiger partial charge in [-0.25, -0.2) is 0 Å². The second-order valence-electron chi connectivity index (χ2n) is 12.6. The number of para-hydroxylation sites is 2. The van der Waals surface area contributed by atoms with Crippen LogP contribution < -0.4 is 16.0 Å². The van der Waals surface area contributed by atoms with Crippen molar-refractivity contribution >= 4 is 66.6 Å². The molecule has 10 rings (SSSR count). The second kappa shape index (κ2) is 11.1. The van der Waals surface area contributed by atoms with E-state index in [-0.39, 0.29) is 17.6 Å². The molecule has 3 atom stereocenters. The Hall–Kier alpha value is -5.49. The van der Waals surface area contributed by atoms with E-state index in [1.54, 1.807) is 0 Å². The largest absolute Gasteiger partial charge is 0.456 e. The van der Waals surface area contributed by atoms with Crippen molar-refractivity contribution in [3.63, 3.8) is 0 Å². The molecule has 1 aromatic heterocycles. The first-order valence-corrected chi connectivity index (χ1v) is 17.3. The zero-order valence-electron chi connectivity index (χ0n) is 26.0. The minimum absolute atomic E-state index is 0.0538. The smallest absolute Gasteiger partial charge is 0.141 e. The predicted octanol–water partition coefficient (Wildman–Crippen LogP) is 11.1. The molecule has 0 aliphatic carbocycles. The van der Waals surface area contributed by atoms with Crippen molar-refractivity contribution in [3.05, 3.63) is 174 Å². The van der Waals surface area contributed by atoms with Gasteiger partial charge in [0.25, 0.3) is 0 Å². The third-order valence-electron chi connectivity index (χ3n) is 9.78. The van der Waals surface area contributed by atoms with E-state index in [1.165, 1.54) is 54.4 Å². The van der Waals surface area contributed by atoms with Gasteiger partial charge in [0.1, 0.15) is 22.7 Å². The van der Waals surface area contributed by atoms with Gasteiger partial charge in [0, 0.05) is 32.3 Å². The molecule has 8 aromatic rings. The highest BCUT2D eigenvalue weighted by Gasteiger charge is 2.29. The van der Waals surface area contributed by atoms with Crippen LogP contribution in [0.3, 0.4) is 0 Å². The lowest BCUT2D eigenvalue weighted by molar-refractivity contribution is 0.443. The minimum atomic E-state index is -0.0562. The predicted molar refractivity (Wildman–Crippen MR) is 200 cm³/mol. The lowest BCUT2D eigenvalue weighted by Crippen LogP contribution is -2.39. The van der Waals surface area contributed by atoms with Gasteiger partial charge in [-0.05, 0) is 57.1 Å². The van der Waals surface area contributed by atoms with E-state index < -0.39 is 0 Å². The third kappa shape index (κ3) is 4.50. The Kier molecular flexibility index (Phi) is 6.36. The van der Waals surface area contributed by atoms with Crippen molar-refractivity contribution in [1.29, 1.82) is 0 Å². The molecule has 230 valence electrons. The summed E-state index contributed by atoms with van der Waals surface area (Å²) < 4.78 is 6.43. The van der Waals surface area contributed by atoms with E-state index in [9.17, 15) is 0 Å². The van der Waals surface area contributed by atoms with Crippen LogP contribution >= 0.6 is 11.8 Å². The molecule has 0 saturated carbocycles. The highest BCUT2D eigenvalue weighted by Crippen LogP contribution is 2.52. The third-order valence-corrected chi connectivity index (χ3v) is 11.0. The van der Waals surface area contributed by atoms with Crippen molar-refractivity contribution in [2.24, 2.45) is 0 Å². The van der Waals surface area contributed by atoms with Crippen LogP contribution in [0.25, 0.3) is 49.2 Å². The number of anilines is 1. The number of rotatable bonds is 4. The summed E-state index contributed by atoms with van der Waals surface area (Å²) >= 11 is 1.86. The molecule has 4 nitrogen and oxygen atoms in total. The van der Waals surface area contributed by atoms with Crippen molar-refractivity contribution < 1.29 is 4.42 Å². The standard InChI is InChI=1S/C43H31N3OS/c1-3-10-26(11-4-1)35-25-36(27-12-5-2-6-13-27)45-42(44-35)30-20-22-31-29(24-30)19-18-28-21-23-38-40(39(28)31)46-43(48-38)34-16-9-15-33-32-14-7-8-17-37(32)47-41(33)34/h1-25,35,42-46H. The molecular weight excluding hydrogens is 607 g/mol. The molecule has 3 unspecified atom stereocenters. The fraction of sp³-hybridized carbons (Fsp3) is 0.0698. The average Bonchev–Trinajstić information content (AvgIpc) is 3.77. The van der Waals surface area contributed by atoms with Crippen LogP contribution in [-0.4, -0.2) is 0 Å². The van der Waals surface area contributed by atoms with E-state index in [1.807, 2.05) is 17.8 Å². The monoisotopic (exact) mass is 637 g/mol. The van der Waals surface area contributed by atoms with Crippen LogP contribution in [0.15, 0.2) is 161 Å². The molecule has 5 heteroatoms. The molecule has 0 amide bonds. The summed E-state index contributed by atoms with van der Waals surface area (Å²) in [6.07, 6.45) is 2.24. The molecule has 48 heavy (non-hydrogen) atoms. The Balaban J connectivity index is 1.03. The van der Waals surface area contributed by atoms with Crippen LogP contribution in [0, 0.1) is 0 Å². The summed E-state index contributed by atoms with van der Waals surface area (Å²) in [7, 11) is 0. The van der Waals surface area contributed by atoms with Gasteiger partial charge in [0.15, 0.2) is 0 Å². The Morgan fingerprint density at radius 1 is 0.583 bits per heavy atom. The van der Waals surface area contributed by atoms with Gasteiger partial charge >= 0.3 is 0 Å². The Bertz CT molecular complexity index is 2540. The van der Waals surface area contributed by atoms with E-state index >= 15 is 0 Å². The van der Waals surface area contributed by atoms with Crippen molar-refractivity contribution in [2.45, 2.75) is 22.5 Å². The second-order valence-corrected chi connectivity index (χ2v) is 13.8. The number of nitrogens with one attached hydrogen (secondary N) is 3. The number of fused-ring (bicyclic) bond motifs is 8. The molecular formula is C43H31N3OS. The topological polar surface area (TPSA) is 49.2 Å². The number of benzene rings is 7. The summed E-state index contributed by atoms with van der Waals surface area (Å²) in [5, 5.41) is 18.9. The lowest BCUT2D eigenvalue weighted by atomic mass is 9.95. The number of thioether (sulfide) groups is 1. The quantitative estimate of drug-likeness (QED) is 0.168. The highest BCUT2D eigenvalue weighted by molar-refractivity contribution is 8.00. The van der Waals surface area contributed by atoms with Crippen LogP contribution in [0.4, 0.5) is 5.69 Å². The Morgan fingerprint density at radius 2 is 1.35 bits per heavy atom. The SMILES string of the molecule is C1=C(c2ccccc2)NC(c2ccc3c(ccc4ccc5c(c43)NC(c3cccc4c3oc3ccccc34)S5)c2)NC1c1ccccc1. The normalized spacial score (nSPS) is 18.9. The summed E-state index contributed by atoms with van der Waals surface area (Å²) in [6.45, 7) is 0. The first-order valence-electron chi connectivity index (χ1n) is 16.4. The van der Waals surface area contributed by atoms with Gasteiger partial charge in [-0.2, -0.15) is 0 Å². The maximum atomic E-state index is 6.43. The molecule has 0 saturated heterocycles. The molecule has 7 aromatic carbocycles. The number of hydrogen-bond acceptors (Lipinski definition) is 5. The number of furan rings is 1. The summed E-state index contributed by atoms with van der Waals surface area (Å²) in [5.41, 5.74) is 9.02. The molecule has 0 radical (unpaired) electrons. The zero-order valence-corrected chi connectivity index (χ0v) is 26.8. The molecule has 0 bridgehead atoms. The first-order chi connectivity index (χ1) is 23.8. The average molecular weight is 638 g/mol. The van der Waals surface area contributed by atoms with Gasteiger partial charge in [0.2, 0.25) is 0 Å². The fourth-order valence-corrected chi connectivity index (χ4v) is 8.62. The Morgan fingerprint density at radius 3 is 2.25 bits per heavy atom. The summed E-state index contributed by atoms with van der Waals surface area (Å²) in [4.78, 5) is 1.26. The fourth-order valence-electron chi connectivity index (χ4n) is 7.45. The lowest BCUT2D eigenvalue weighted by Gasteiger charge is -2.33. The van der Waals surface area contributed by atoms with E-state index in [2.05, 4.69) is 162 Å². The van der Waals surface area contributed by atoms with E-state index in [4.69, 9.17) is 4.42 Å². The van der Waals surface area contributed by atoms with Gasteiger partial charge < -0.3 is 15.1 Å². The molecule has 0 fully saturated rings. The maximum absolute atomic E-state index is 6.43. The first kappa shape index (κ1) is 27.6. The van der Waals surface area contributed by atoms with Crippen molar-refractivity contribution in [2.75, 3.05) is 5.32 Å². The van der Waals surface area contributed by atoms with Crippen molar-refractivity contribution in [1.82, 2.24) is 10.6 Å².